The van der Waals surface area contributed by atoms with E-state index in [1.54, 1.807) is 11.3 Å². The molecule has 0 fully saturated rings. The van der Waals surface area contributed by atoms with Gasteiger partial charge in [0.2, 0.25) is 0 Å². The van der Waals surface area contributed by atoms with Gasteiger partial charge in [0, 0.05) is 36.9 Å². The quantitative estimate of drug-likeness (QED) is 0.174. The third-order valence-electron chi connectivity index (χ3n) is 13.0. The maximum absolute atomic E-state index is 5.25. The maximum atomic E-state index is 5.25. The van der Waals surface area contributed by atoms with Crippen molar-refractivity contribution in [2.75, 3.05) is 0 Å². The van der Waals surface area contributed by atoms with E-state index < -0.39 is 5.41 Å². The fraction of sp³-hybridized carbons (Fsp3) is 0.0172. The first kappa shape index (κ1) is 35.0. The Morgan fingerprint density at radius 1 is 0.274 bits per heavy atom. The molecule has 13 rings (SSSR count). The average Bonchev–Trinajstić information content (AvgIpc) is 3.98. The third-order valence-corrected chi connectivity index (χ3v) is 14.1. The van der Waals surface area contributed by atoms with E-state index in [-0.39, 0.29) is 0 Å². The number of hydrogen-bond donors (Lipinski definition) is 0. The second-order valence-corrected chi connectivity index (χ2v) is 17.3. The Morgan fingerprint density at radius 2 is 0.774 bits per heavy atom. The summed E-state index contributed by atoms with van der Waals surface area (Å²) in [4.78, 5) is 15.5. The highest BCUT2D eigenvalue weighted by molar-refractivity contribution is 7.25. The van der Waals surface area contributed by atoms with Gasteiger partial charge in [0.15, 0.2) is 17.5 Å². The Bertz CT molecular complexity index is 3540. The Morgan fingerprint density at radius 3 is 1.50 bits per heavy atom. The molecule has 11 aromatic rings. The first-order valence-electron chi connectivity index (χ1n) is 21.1. The highest BCUT2D eigenvalue weighted by Crippen LogP contribution is 2.63. The highest BCUT2D eigenvalue weighted by Gasteiger charge is 2.51. The third kappa shape index (κ3) is 5.14. The molecule has 0 aliphatic heterocycles. The molecular formula is C58H35N3S. The molecular weight excluding hydrogens is 771 g/mol. The van der Waals surface area contributed by atoms with Gasteiger partial charge < -0.3 is 0 Å². The maximum Gasteiger partial charge on any atom is 0.164 e. The van der Waals surface area contributed by atoms with Crippen LogP contribution in [0.15, 0.2) is 212 Å². The van der Waals surface area contributed by atoms with Crippen LogP contribution in [0.4, 0.5) is 0 Å². The van der Waals surface area contributed by atoms with Crippen LogP contribution in [0, 0.1) is 0 Å². The predicted octanol–water partition coefficient (Wildman–Crippen LogP) is 14.9. The molecule has 0 radical (unpaired) electrons. The second-order valence-electron chi connectivity index (χ2n) is 16.3. The smallest absolute Gasteiger partial charge is 0.164 e. The fourth-order valence-electron chi connectivity index (χ4n) is 10.3. The van der Waals surface area contributed by atoms with E-state index in [2.05, 4.69) is 194 Å². The zero-order valence-electron chi connectivity index (χ0n) is 33.5. The van der Waals surface area contributed by atoms with Gasteiger partial charge in [0.25, 0.3) is 0 Å². The number of fused-ring (bicyclic) bond motifs is 13. The minimum absolute atomic E-state index is 0.395. The van der Waals surface area contributed by atoms with Crippen LogP contribution in [0.2, 0.25) is 0 Å². The summed E-state index contributed by atoms with van der Waals surface area (Å²) in [5.41, 5.74) is 17.6. The van der Waals surface area contributed by atoms with E-state index in [0.717, 1.165) is 33.4 Å². The molecule has 288 valence electrons. The summed E-state index contributed by atoms with van der Waals surface area (Å²) < 4.78 is 2.49. The highest BCUT2D eigenvalue weighted by atomic mass is 32.1. The van der Waals surface area contributed by atoms with Gasteiger partial charge in [-0.2, -0.15) is 0 Å². The summed E-state index contributed by atoms with van der Waals surface area (Å²) in [6.45, 7) is 0. The zero-order valence-corrected chi connectivity index (χ0v) is 34.3. The van der Waals surface area contributed by atoms with Crippen molar-refractivity contribution in [3.63, 3.8) is 0 Å². The normalized spacial score (nSPS) is 13.0. The molecule has 9 aromatic carbocycles. The van der Waals surface area contributed by atoms with E-state index in [1.807, 2.05) is 18.2 Å². The topological polar surface area (TPSA) is 38.7 Å². The molecule has 0 N–H and O–H groups in total. The molecule has 2 aliphatic carbocycles. The molecule has 62 heavy (non-hydrogen) atoms. The van der Waals surface area contributed by atoms with Gasteiger partial charge in [0.1, 0.15) is 0 Å². The molecule has 0 amide bonds. The summed E-state index contributed by atoms with van der Waals surface area (Å²) in [5.74, 6) is 1.94. The van der Waals surface area contributed by atoms with Gasteiger partial charge in [-0.1, -0.05) is 188 Å². The van der Waals surface area contributed by atoms with Crippen molar-refractivity contribution in [3.8, 4) is 78.7 Å². The molecule has 4 heteroatoms. The Kier molecular flexibility index (Phi) is 7.69. The van der Waals surface area contributed by atoms with Gasteiger partial charge in [-0.05, 0) is 91.0 Å². The fourth-order valence-corrected chi connectivity index (χ4v) is 11.4. The number of rotatable bonds is 5. The van der Waals surface area contributed by atoms with Gasteiger partial charge >= 0.3 is 0 Å². The van der Waals surface area contributed by atoms with Crippen molar-refractivity contribution in [3.05, 3.63) is 235 Å². The molecule has 0 saturated carbocycles. The van der Waals surface area contributed by atoms with E-state index in [4.69, 9.17) is 15.0 Å². The van der Waals surface area contributed by atoms with Crippen LogP contribution in [-0.4, -0.2) is 15.0 Å². The van der Waals surface area contributed by atoms with E-state index in [9.17, 15) is 0 Å². The molecule has 0 saturated heterocycles. The number of aromatic nitrogens is 3. The summed E-state index contributed by atoms with van der Waals surface area (Å²) in [5, 5.41) is 2.52. The summed E-state index contributed by atoms with van der Waals surface area (Å²) in [6.07, 6.45) is 0. The zero-order chi connectivity index (χ0) is 40.8. The molecule has 3 nitrogen and oxygen atoms in total. The monoisotopic (exact) mass is 805 g/mol. The molecule has 1 spiro atoms. The first-order valence-corrected chi connectivity index (χ1v) is 21.9. The van der Waals surface area contributed by atoms with Crippen molar-refractivity contribution in [2.45, 2.75) is 5.41 Å². The van der Waals surface area contributed by atoms with Crippen LogP contribution in [0.3, 0.4) is 0 Å². The number of nitrogens with zero attached hydrogens (tertiary/aromatic N) is 3. The molecule has 2 aliphatic rings. The molecule has 2 heterocycles. The number of benzene rings is 9. The van der Waals surface area contributed by atoms with Crippen molar-refractivity contribution in [1.29, 1.82) is 0 Å². The van der Waals surface area contributed by atoms with Gasteiger partial charge in [-0.15, -0.1) is 11.3 Å². The van der Waals surface area contributed by atoms with Gasteiger partial charge in [-0.3, -0.25) is 0 Å². The molecule has 0 bridgehead atoms. The molecule has 2 aromatic heterocycles. The predicted molar refractivity (Wildman–Crippen MR) is 256 cm³/mol. The van der Waals surface area contributed by atoms with Crippen molar-refractivity contribution in [1.82, 2.24) is 15.0 Å². The van der Waals surface area contributed by atoms with Crippen LogP contribution >= 0.6 is 11.3 Å². The Hall–Kier alpha value is -7.79. The second kappa shape index (κ2) is 13.6. The van der Waals surface area contributed by atoms with Crippen LogP contribution < -0.4 is 0 Å². The first-order chi connectivity index (χ1) is 30.7. The van der Waals surface area contributed by atoms with Crippen LogP contribution in [-0.2, 0) is 5.41 Å². The van der Waals surface area contributed by atoms with E-state index >= 15 is 0 Å². The van der Waals surface area contributed by atoms with E-state index in [1.165, 1.54) is 70.2 Å². The van der Waals surface area contributed by atoms with Crippen LogP contribution in [0.1, 0.15) is 22.3 Å². The van der Waals surface area contributed by atoms with Crippen molar-refractivity contribution < 1.29 is 0 Å². The number of hydrogen-bond acceptors (Lipinski definition) is 4. The summed E-state index contributed by atoms with van der Waals surface area (Å²) in [7, 11) is 0. The molecule has 0 unspecified atom stereocenters. The Labute approximate surface area is 363 Å². The number of thiophene rings is 1. The lowest BCUT2D eigenvalue weighted by Crippen LogP contribution is -2.25. The minimum Gasteiger partial charge on any atom is -0.208 e. The standard InChI is InChI=1S/C58H35N3S/c1-2-15-36(16-3-1)55-59-56(40-30-32-47-46-23-9-13-28-53(46)62-54(47)35-40)61-57(60-55)48-24-5-4-19-41(48)39-18-14-17-37(33-39)38-29-31-45-44-22-8-12-27-51(44)58(52(45)34-38)49-25-10-6-20-42(49)43-21-7-11-26-50(43)58/h1-35H. The minimum atomic E-state index is -0.395. The molecule has 0 atom stereocenters. The van der Waals surface area contributed by atoms with Gasteiger partial charge in [-0.25, -0.2) is 15.0 Å². The summed E-state index contributed by atoms with van der Waals surface area (Å²) >= 11 is 1.80. The van der Waals surface area contributed by atoms with Gasteiger partial charge in [0.05, 0.1) is 5.41 Å². The lowest BCUT2D eigenvalue weighted by molar-refractivity contribution is 0.794. The van der Waals surface area contributed by atoms with Crippen LogP contribution in [0.5, 0.6) is 0 Å². The van der Waals surface area contributed by atoms with Crippen molar-refractivity contribution >= 4 is 31.5 Å². The lowest BCUT2D eigenvalue weighted by Gasteiger charge is -2.30. The lowest BCUT2D eigenvalue weighted by atomic mass is 9.70. The average molecular weight is 806 g/mol. The largest absolute Gasteiger partial charge is 0.208 e. The summed E-state index contributed by atoms with van der Waals surface area (Å²) in [6, 6.07) is 76.9. The Balaban J connectivity index is 0.951. The SMILES string of the molecule is c1ccc(-c2nc(-c3ccc4c(c3)sc3ccccc34)nc(-c3ccccc3-c3cccc(-c4ccc5c(c4)C4(c6ccccc6-c6ccccc64)c4ccccc4-5)c3)n2)cc1. The van der Waals surface area contributed by atoms with E-state index in [0.29, 0.717) is 17.5 Å². The van der Waals surface area contributed by atoms with Crippen molar-refractivity contribution in [2.24, 2.45) is 0 Å². The van der Waals surface area contributed by atoms with Crippen LogP contribution in [0.25, 0.3) is 98.8 Å².